The van der Waals surface area contributed by atoms with Gasteiger partial charge in [0.05, 0.1) is 12.1 Å². The van der Waals surface area contributed by atoms with Crippen molar-refractivity contribution in [3.8, 4) is 6.07 Å². The number of piperazine rings is 1. The molecule has 0 radical (unpaired) electrons. The largest absolute Gasteiger partial charge is 0.354 e. The Bertz CT molecular complexity index is 601. The number of aromatic nitrogens is 1. The third kappa shape index (κ3) is 3.85. The van der Waals surface area contributed by atoms with E-state index >= 15 is 0 Å². The third-order valence-corrected chi connectivity index (χ3v) is 5.06. The fourth-order valence-electron chi connectivity index (χ4n) is 3.53. The molecule has 2 aliphatic rings. The highest BCUT2D eigenvalue weighted by molar-refractivity contribution is 5.78. The molecule has 128 valence electrons. The van der Waals surface area contributed by atoms with Gasteiger partial charge in [-0.05, 0) is 38.3 Å². The van der Waals surface area contributed by atoms with Gasteiger partial charge < -0.3 is 9.80 Å². The molecule has 0 aromatic carbocycles. The number of nitriles is 1. The molecular formula is C18H25N5O. The molecule has 2 aliphatic heterocycles. The molecule has 24 heavy (non-hydrogen) atoms. The average molecular weight is 327 g/mol. The van der Waals surface area contributed by atoms with Crippen LogP contribution in [-0.2, 0) is 4.79 Å². The molecule has 0 spiro atoms. The minimum absolute atomic E-state index is 0.271. The van der Waals surface area contributed by atoms with Crippen LogP contribution in [0.25, 0.3) is 0 Å². The van der Waals surface area contributed by atoms with Gasteiger partial charge in [-0.3, -0.25) is 9.69 Å². The van der Waals surface area contributed by atoms with Gasteiger partial charge >= 0.3 is 0 Å². The van der Waals surface area contributed by atoms with Crippen molar-refractivity contribution in [2.24, 2.45) is 0 Å². The summed E-state index contributed by atoms with van der Waals surface area (Å²) in [5, 5.41) is 8.84. The minimum atomic E-state index is 0.271. The van der Waals surface area contributed by atoms with Gasteiger partial charge in [-0.15, -0.1) is 0 Å². The molecular weight excluding hydrogens is 302 g/mol. The highest BCUT2D eigenvalue weighted by Crippen LogP contribution is 2.18. The van der Waals surface area contributed by atoms with Gasteiger partial charge in [0.1, 0.15) is 11.9 Å². The van der Waals surface area contributed by atoms with E-state index in [0.717, 1.165) is 51.4 Å². The molecule has 1 aromatic heterocycles. The van der Waals surface area contributed by atoms with E-state index in [-0.39, 0.29) is 5.91 Å². The average Bonchev–Trinajstić information content (AvgIpc) is 2.63. The molecule has 0 bridgehead atoms. The molecule has 0 N–H and O–H groups in total. The number of piperidine rings is 1. The van der Waals surface area contributed by atoms with Gasteiger partial charge in [-0.1, -0.05) is 0 Å². The maximum Gasteiger partial charge on any atom is 0.236 e. The number of carbonyl (C=O) groups excluding carboxylic acids is 1. The van der Waals surface area contributed by atoms with Crippen molar-refractivity contribution in [3.05, 3.63) is 23.9 Å². The summed E-state index contributed by atoms with van der Waals surface area (Å²) in [6.45, 7) is 7.06. The van der Waals surface area contributed by atoms with Crippen molar-refractivity contribution < 1.29 is 4.79 Å². The van der Waals surface area contributed by atoms with Crippen LogP contribution in [0.2, 0.25) is 0 Å². The lowest BCUT2D eigenvalue weighted by molar-refractivity contribution is -0.135. The molecule has 3 rings (SSSR count). The van der Waals surface area contributed by atoms with Crippen LogP contribution in [0.15, 0.2) is 18.3 Å². The Morgan fingerprint density at radius 2 is 2.04 bits per heavy atom. The maximum absolute atomic E-state index is 12.5. The molecule has 0 aliphatic carbocycles. The van der Waals surface area contributed by atoms with Gasteiger partial charge in [0.15, 0.2) is 0 Å². The van der Waals surface area contributed by atoms with Gasteiger partial charge in [-0.2, -0.15) is 5.26 Å². The second kappa shape index (κ2) is 7.63. The van der Waals surface area contributed by atoms with Crippen molar-refractivity contribution >= 4 is 11.7 Å². The zero-order valence-corrected chi connectivity index (χ0v) is 14.3. The predicted octanol–water partition coefficient (Wildman–Crippen LogP) is 1.48. The Labute approximate surface area is 143 Å². The first-order valence-corrected chi connectivity index (χ1v) is 8.80. The highest BCUT2D eigenvalue weighted by atomic mass is 16.2. The van der Waals surface area contributed by atoms with Gasteiger partial charge in [0.2, 0.25) is 5.91 Å². The third-order valence-electron chi connectivity index (χ3n) is 5.06. The summed E-state index contributed by atoms with van der Waals surface area (Å²) in [6, 6.07) is 6.17. The summed E-state index contributed by atoms with van der Waals surface area (Å²) in [5.41, 5.74) is 0.582. The van der Waals surface area contributed by atoms with Crippen LogP contribution in [0, 0.1) is 11.3 Å². The molecule has 6 nitrogen and oxygen atoms in total. The van der Waals surface area contributed by atoms with Crippen LogP contribution in [0.5, 0.6) is 0 Å². The lowest BCUT2D eigenvalue weighted by atomic mass is 10.0. The number of likely N-dealkylation sites (tertiary alicyclic amines) is 1. The molecule has 6 heteroatoms. The fraction of sp³-hybridized carbons (Fsp3) is 0.611. The molecule has 0 saturated carbocycles. The summed E-state index contributed by atoms with van der Waals surface area (Å²) in [7, 11) is 0. The van der Waals surface area contributed by atoms with Gasteiger partial charge in [-0.25, -0.2) is 4.98 Å². The lowest BCUT2D eigenvalue weighted by Crippen LogP contribution is -2.52. The minimum Gasteiger partial charge on any atom is -0.354 e. The summed E-state index contributed by atoms with van der Waals surface area (Å²) < 4.78 is 0. The second-order valence-electron chi connectivity index (χ2n) is 6.71. The van der Waals surface area contributed by atoms with Gasteiger partial charge in [0.25, 0.3) is 0 Å². The smallest absolute Gasteiger partial charge is 0.236 e. The van der Waals surface area contributed by atoms with E-state index in [1.807, 2.05) is 6.07 Å². The van der Waals surface area contributed by atoms with Crippen molar-refractivity contribution in [2.45, 2.75) is 32.2 Å². The predicted molar refractivity (Wildman–Crippen MR) is 92.6 cm³/mol. The van der Waals surface area contributed by atoms with Gasteiger partial charge in [0, 0.05) is 45.0 Å². The number of hydrogen-bond acceptors (Lipinski definition) is 5. The monoisotopic (exact) mass is 327 g/mol. The normalized spacial score (nSPS) is 22.2. The van der Waals surface area contributed by atoms with E-state index < -0.39 is 0 Å². The molecule has 0 unspecified atom stereocenters. The highest BCUT2D eigenvalue weighted by Gasteiger charge is 2.26. The molecule has 1 atom stereocenters. The summed E-state index contributed by atoms with van der Waals surface area (Å²) in [4.78, 5) is 23.4. The van der Waals surface area contributed by atoms with Crippen molar-refractivity contribution in [1.82, 2.24) is 14.8 Å². The van der Waals surface area contributed by atoms with Crippen LogP contribution >= 0.6 is 0 Å². The Morgan fingerprint density at radius 3 is 2.67 bits per heavy atom. The topological polar surface area (TPSA) is 63.5 Å². The van der Waals surface area contributed by atoms with Crippen LogP contribution in [0.1, 0.15) is 31.7 Å². The van der Waals surface area contributed by atoms with Crippen molar-refractivity contribution in [1.29, 1.82) is 5.26 Å². The second-order valence-corrected chi connectivity index (χ2v) is 6.71. The summed E-state index contributed by atoms with van der Waals surface area (Å²) >= 11 is 0. The number of hydrogen-bond donors (Lipinski definition) is 0. The van der Waals surface area contributed by atoms with E-state index in [9.17, 15) is 4.79 Å². The number of nitrogens with zero attached hydrogens (tertiary/aromatic N) is 5. The molecule has 2 saturated heterocycles. The molecule has 1 amide bonds. The number of anilines is 1. The van der Waals surface area contributed by atoms with Crippen LogP contribution < -0.4 is 4.90 Å². The summed E-state index contributed by atoms with van der Waals surface area (Å²) in [6.07, 6.45) is 5.11. The Hall–Kier alpha value is -2.13. The van der Waals surface area contributed by atoms with E-state index in [4.69, 9.17) is 5.26 Å². The Balaban J connectivity index is 1.49. The lowest BCUT2D eigenvalue weighted by Gasteiger charge is -2.38. The number of amides is 1. The summed E-state index contributed by atoms with van der Waals surface area (Å²) in [5.74, 6) is 1.18. The molecule has 2 fully saturated rings. The van der Waals surface area contributed by atoms with Crippen LogP contribution in [0.3, 0.4) is 0 Å². The SMILES string of the molecule is C[C@H]1CCCCN1C(=O)CN1CCN(c2ccc(C#N)cn2)CC1. The first-order valence-electron chi connectivity index (χ1n) is 8.80. The number of pyridine rings is 1. The molecule has 3 heterocycles. The van der Waals surface area contributed by atoms with Crippen molar-refractivity contribution in [3.63, 3.8) is 0 Å². The van der Waals surface area contributed by atoms with Crippen LogP contribution in [-0.4, -0.2) is 66.0 Å². The standard InChI is InChI=1S/C18H25N5O/c1-15-4-2-3-7-23(15)18(24)14-21-8-10-22(11-9-21)17-6-5-16(12-19)13-20-17/h5-6,13,15H,2-4,7-11,14H2,1H3/t15-/m0/s1. The van der Waals surface area contributed by atoms with E-state index in [1.165, 1.54) is 6.42 Å². The van der Waals surface area contributed by atoms with E-state index in [1.54, 1.807) is 12.3 Å². The molecule has 1 aromatic rings. The maximum atomic E-state index is 12.5. The number of rotatable bonds is 3. The number of carbonyl (C=O) groups is 1. The first kappa shape index (κ1) is 16.7. The zero-order chi connectivity index (χ0) is 16.9. The quantitative estimate of drug-likeness (QED) is 0.841. The Kier molecular flexibility index (Phi) is 5.31. The van der Waals surface area contributed by atoms with E-state index in [2.05, 4.69) is 32.7 Å². The fourth-order valence-corrected chi connectivity index (χ4v) is 3.53. The first-order chi connectivity index (χ1) is 11.7. The van der Waals surface area contributed by atoms with E-state index in [0.29, 0.717) is 18.2 Å². The van der Waals surface area contributed by atoms with Crippen LogP contribution in [0.4, 0.5) is 5.82 Å². The van der Waals surface area contributed by atoms with Crippen molar-refractivity contribution in [2.75, 3.05) is 44.2 Å². The zero-order valence-electron chi connectivity index (χ0n) is 14.3. The Morgan fingerprint density at radius 1 is 1.25 bits per heavy atom.